The SMILES string of the molecule is CC(C(=O)C(C#N)C#N)C1CC1. The molecule has 1 fully saturated rings. The Hall–Kier alpha value is -1.35. The monoisotopic (exact) mass is 162 g/mol. The Labute approximate surface area is 71.6 Å². The first-order chi connectivity index (χ1) is 5.70. The van der Waals surface area contributed by atoms with Crippen LogP contribution in [0, 0.1) is 40.4 Å². The summed E-state index contributed by atoms with van der Waals surface area (Å²) in [7, 11) is 0. The lowest BCUT2D eigenvalue weighted by Gasteiger charge is -2.07. The smallest absolute Gasteiger partial charge is 0.191 e. The van der Waals surface area contributed by atoms with Gasteiger partial charge in [0.05, 0.1) is 12.1 Å². The molecule has 3 heteroatoms. The normalized spacial score (nSPS) is 18.0. The molecule has 0 aromatic rings. The van der Waals surface area contributed by atoms with Crippen molar-refractivity contribution in [1.82, 2.24) is 0 Å². The first-order valence-electron chi connectivity index (χ1n) is 4.03. The van der Waals surface area contributed by atoms with Crippen LogP contribution in [0.1, 0.15) is 19.8 Å². The molecular weight excluding hydrogens is 152 g/mol. The Kier molecular flexibility index (Phi) is 2.45. The molecule has 62 valence electrons. The Morgan fingerprint density at radius 1 is 1.42 bits per heavy atom. The zero-order chi connectivity index (χ0) is 9.14. The lowest BCUT2D eigenvalue weighted by atomic mass is 9.92. The van der Waals surface area contributed by atoms with E-state index < -0.39 is 5.92 Å². The predicted octanol–water partition coefficient (Wildman–Crippen LogP) is 1.26. The number of nitriles is 2. The summed E-state index contributed by atoms with van der Waals surface area (Å²) < 4.78 is 0. The third-order valence-corrected chi connectivity index (χ3v) is 2.32. The number of rotatable bonds is 3. The zero-order valence-electron chi connectivity index (χ0n) is 6.95. The molecule has 0 aliphatic heterocycles. The highest BCUT2D eigenvalue weighted by atomic mass is 16.1. The van der Waals surface area contributed by atoms with Gasteiger partial charge in [-0.05, 0) is 18.8 Å². The summed E-state index contributed by atoms with van der Waals surface area (Å²) in [5.74, 6) is -0.931. The predicted molar refractivity (Wildman–Crippen MR) is 41.6 cm³/mol. The molecule has 0 amide bonds. The number of hydrogen-bond acceptors (Lipinski definition) is 3. The van der Waals surface area contributed by atoms with Crippen LogP contribution < -0.4 is 0 Å². The van der Waals surface area contributed by atoms with Crippen molar-refractivity contribution in [2.24, 2.45) is 17.8 Å². The second-order valence-electron chi connectivity index (χ2n) is 3.22. The maximum absolute atomic E-state index is 11.3. The highest BCUT2D eigenvalue weighted by molar-refractivity contribution is 5.88. The van der Waals surface area contributed by atoms with Gasteiger partial charge in [-0.25, -0.2) is 0 Å². The highest BCUT2D eigenvalue weighted by Gasteiger charge is 2.35. The van der Waals surface area contributed by atoms with E-state index in [0.717, 1.165) is 12.8 Å². The lowest BCUT2D eigenvalue weighted by Crippen LogP contribution is -2.20. The van der Waals surface area contributed by atoms with Crippen LogP contribution in [0.15, 0.2) is 0 Å². The summed E-state index contributed by atoms with van der Waals surface area (Å²) in [5, 5.41) is 16.9. The van der Waals surface area contributed by atoms with Gasteiger partial charge in [0.1, 0.15) is 0 Å². The van der Waals surface area contributed by atoms with Gasteiger partial charge in [0.2, 0.25) is 0 Å². The van der Waals surface area contributed by atoms with Crippen LogP contribution in [0.2, 0.25) is 0 Å². The van der Waals surface area contributed by atoms with Crippen LogP contribution in [0.4, 0.5) is 0 Å². The standard InChI is InChI=1S/C9H10N2O/c1-6(7-2-3-7)9(12)8(4-10)5-11/h6-8H,2-3H2,1H3. The van der Waals surface area contributed by atoms with Gasteiger partial charge < -0.3 is 0 Å². The first-order valence-corrected chi connectivity index (χ1v) is 4.03. The first kappa shape index (κ1) is 8.74. The topological polar surface area (TPSA) is 64.7 Å². The molecule has 0 spiro atoms. The van der Waals surface area contributed by atoms with Crippen LogP contribution in [0.25, 0.3) is 0 Å². The van der Waals surface area contributed by atoms with Crippen LogP contribution in [0.5, 0.6) is 0 Å². The summed E-state index contributed by atoms with van der Waals surface area (Å²) in [5.41, 5.74) is 0. The van der Waals surface area contributed by atoms with E-state index >= 15 is 0 Å². The highest BCUT2D eigenvalue weighted by Crippen LogP contribution is 2.37. The number of ketones is 1. The molecule has 0 aromatic carbocycles. The Balaban J connectivity index is 2.57. The van der Waals surface area contributed by atoms with Crippen molar-refractivity contribution in [2.75, 3.05) is 0 Å². The van der Waals surface area contributed by atoms with E-state index in [1.165, 1.54) is 0 Å². The van der Waals surface area contributed by atoms with Gasteiger partial charge in [-0.3, -0.25) is 4.79 Å². The summed E-state index contributed by atoms with van der Waals surface area (Å²) in [6, 6.07) is 3.41. The molecule has 12 heavy (non-hydrogen) atoms. The van der Waals surface area contributed by atoms with Crippen LogP contribution >= 0.6 is 0 Å². The van der Waals surface area contributed by atoms with Crippen molar-refractivity contribution in [3.63, 3.8) is 0 Å². The Morgan fingerprint density at radius 2 is 1.92 bits per heavy atom. The average Bonchev–Trinajstić information content (AvgIpc) is 2.87. The maximum atomic E-state index is 11.3. The second-order valence-corrected chi connectivity index (χ2v) is 3.22. The van der Waals surface area contributed by atoms with E-state index in [1.54, 1.807) is 12.1 Å². The number of nitrogens with zero attached hydrogens (tertiary/aromatic N) is 2. The molecular formula is C9H10N2O. The van der Waals surface area contributed by atoms with E-state index in [0.29, 0.717) is 5.92 Å². The minimum atomic E-state index is -1.06. The van der Waals surface area contributed by atoms with Crippen molar-refractivity contribution in [3.05, 3.63) is 0 Å². The van der Waals surface area contributed by atoms with E-state index in [9.17, 15) is 4.79 Å². The van der Waals surface area contributed by atoms with Gasteiger partial charge in [0.15, 0.2) is 11.7 Å². The van der Waals surface area contributed by atoms with Crippen molar-refractivity contribution in [1.29, 1.82) is 10.5 Å². The quantitative estimate of drug-likeness (QED) is 0.627. The molecule has 1 atom stereocenters. The molecule has 3 nitrogen and oxygen atoms in total. The van der Waals surface area contributed by atoms with Crippen molar-refractivity contribution in [3.8, 4) is 12.1 Å². The Morgan fingerprint density at radius 3 is 2.25 bits per heavy atom. The lowest BCUT2D eigenvalue weighted by molar-refractivity contribution is -0.123. The van der Waals surface area contributed by atoms with Gasteiger partial charge >= 0.3 is 0 Å². The molecule has 0 heterocycles. The van der Waals surface area contributed by atoms with Gasteiger partial charge in [-0.2, -0.15) is 10.5 Å². The maximum Gasteiger partial charge on any atom is 0.191 e. The summed E-state index contributed by atoms with van der Waals surface area (Å²) in [4.78, 5) is 11.3. The van der Waals surface area contributed by atoms with Gasteiger partial charge in [-0.15, -0.1) is 0 Å². The average molecular weight is 162 g/mol. The van der Waals surface area contributed by atoms with E-state index in [2.05, 4.69) is 0 Å². The molecule has 0 radical (unpaired) electrons. The Bertz CT molecular complexity index is 253. The van der Waals surface area contributed by atoms with Crippen LogP contribution in [-0.2, 0) is 4.79 Å². The number of carbonyl (C=O) groups excluding carboxylic acids is 1. The van der Waals surface area contributed by atoms with Crippen LogP contribution in [0.3, 0.4) is 0 Å². The second kappa shape index (κ2) is 3.36. The van der Waals surface area contributed by atoms with Gasteiger partial charge in [0, 0.05) is 5.92 Å². The van der Waals surface area contributed by atoms with Gasteiger partial charge in [0.25, 0.3) is 0 Å². The number of Topliss-reactive ketones (excluding diaryl/α,β-unsaturated/α-hetero) is 1. The molecule has 0 bridgehead atoms. The minimum Gasteiger partial charge on any atom is -0.297 e. The fourth-order valence-corrected chi connectivity index (χ4v) is 1.25. The van der Waals surface area contributed by atoms with E-state index in [1.807, 2.05) is 6.92 Å². The fourth-order valence-electron chi connectivity index (χ4n) is 1.25. The molecule has 1 aliphatic rings. The molecule has 1 saturated carbocycles. The number of hydrogen-bond donors (Lipinski definition) is 0. The summed E-state index contributed by atoms with van der Waals surface area (Å²) in [6.07, 6.45) is 2.13. The molecule has 1 rings (SSSR count). The van der Waals surface area contributed by atoms with E-state index in [4.69, 9.17) is 10.5 Å². The number of carbonyl (C=O) groups is 1. The van der Waals surface area contributed by atoms with E-state index in [-0.39, 0.29) is 11.7 Å². The fraction of sp³-hybridized carbons (Fsp3) is 0.667. The molecule has 0 aromatic heterocycles. The molecule has 0 saturated heterocycles. The third kappa shape index (κ3) is 1.62. The largest absolute Gasteiger partial charge is 0.297 e. The van der Waals surface area contributed by atoms with Gasteiger partial charge in [-0.1, -0.05) is 6.92 Å². The molecule has 0 N–H and O–H groups in total. The third-order valence-electron chi connectivity index (χ3n) is 2.32. The minimum absolute atomic E-state index is 0.103. The van der Waals surface area contributed by atoms with Crippen molar-refractivity contribution >= 4 is 5.78 Å². The van der Waals surface area contributed by atoms with Crippen LogP contribution in [-0.4, -0.2) is 5.78 Å². The van der Waals surface area contributed by atoms with Crippen molar-refractivity contribution < 1.29 is 4.79 Å². The molecule has 1 aliphatic carbocycles. The van der Waals surface area contributed by atoms with Crippen molar-refractivity contribution in [2.45, 2.75) is 19.8 Å². The summed E-state index contributed by atoms with van der Waals surface area (Å²) >= 11 is 0. The zero-order valence-corrected chi connectivity index (χ0v) is 6.95. The molecule has 1 unspecified atom stereocenters. The summed E-state index contributed by atoms with van der Waals surface area (Å²) in [6.45, 7) is 1.81.